The number of rotatable bonds is 6. The number of aliphatic hydroxyl groups is 1. The zero-order valence-electron chi connectivity index (χ0n) is 13.1. The maximum Gasteiger partial charge on any atom is 0.318 e. The molecule has 2 unspecified atom stereocenters. The van der Waals surface area contributed by atoms with E-state index in [1.165, 1.54) is 0 Å². The Morgan fingerprint density at radius 2 is 1.86 bits per heavy atom. The second kappa shape index (κ2) is 8.25. The SMILES string of the molecule is CCC(NC(=O)N(CC(C)O)C(C)C)c1ccc(Cl)cc1. The van der Waals surface area contributed by atoms with Gasteiger partial charge in [-0.3, -0.25) is 0 Å². The molecule has 0 radical (unpaired) electrons. The third kappa shape index (κ3) is 5.56. The fraction of sp³-hybridized carbons (Fsp3) is 0.562. The van der Waals surface area contributed by atoms with E-state index in [4.69, 9.17) is 11.6 Å². The number of nitrogens with one attached hydrogen (secondary N) is 1. The number of hydrogen-bond donors (Lipinski definition) is 2. The average Bonchev–Trinajstić information content (AvgIpc) is 2.42. The first-order valence-corrected chi connectivity index (χ1v) is 7.73. The number of benzene rings is 1. The van der Waals surface area contributed by atoms with Crippen LogP contribution in [-0.2, 0) is 0 Å². The van der Waals surface area contributed by atoms with Gasteiger partial charge in [-0.2, -0.15) is 0 Å². The second-order valence-electron chi connectivity index (χ2n) is 5.56. The van der Waals surface area contributed by atoms with Crippen molar-refractivity contribution in [2.24, 2.45) is 0 Å². The van der Waals surface area contributed by atoms with Crippen molar-refractivity contribution in [2.45, 2.75) is 52.3 Å². The fourth-order valence-corrected chi connectivity index (χ4v) is 2.29. The lowest BCUT2D eigenvalue weighted by molar-refractivity contribution is 0.117. The summed E-state index contributed by atoms with van der Waals surface area (Å²) in [4.78, 5) is 14.0. The van der Waals surface area contributed by atoms with Crippen LogP contribution < -0.4 is 5.32 Å². The molecule has 0 saturated carbocycles. The van der Waals surface area contributed by atoms with Gasteiger partial charge in [-0.05, 0) is 44.9 Å². The van der Waals surface area contributed by atoms with Crippen LogP contribution in [0.4, 0.5) is 4.79 Å². The van der Waals surface area contributed by atoms with E-state index < -0.39 is 6.10 Å². The van der Waals surface area contributed by atoms with Crippen LogP contribution in [0.15, 0.2) is 24.3 Å². The summed E-state index contributed by atoms with van der Waals surface area (Å²) < 4.78 is 0. The van der Waals surface area contributed by atoms with E-state index >= 15 is 0 Å². The largest absolute Gasteiger partial charge is 0.392 e. The van der Waals surface area contributed by atoms with Crippen LogP contribution in [0.25, 0.3) is 0 Å². The number of halogens is 1. The molecule has 0 saturated heterocycles. The summed E-state index contributed by atoms with van der Waals surface area (Å²) in [5.41, 5.74) is 1.02. The molecule has 2 amide bonds. The van der Waals surface area contributed by atoms with Crippen molar-refractivity contribution >= 4 is 17.6 Å². The van der Waals surface area contributed by atoms with Gasteiger partial charge in [0.2, 0.25) is 0 Å². The van der Waals surface area contributed by atoms with Crippen molar-refractivity contribution in [2.75, 3.05) is 6.54 Å². The molecule has 1 rings (SSSR count). The van der Waals surface area contributed by atoms with Gasteiger partial charge in [-0.25, -0.2) is 4.79 Å². The molecule has 0 spiro atoms. The first-order chi connectivity index (χ1) is 9.85. The molecule has 0 aromatic heterocycles. The van der Waals surface area contributed by atoms with Crippen LogP contribution >= 0.6 is 11.6 Å². The zero-order chi connectivity index (χ0) is 16.0. The van der Waals surface area contributed by atoms with Gasteiger partial charge in [0.25, 0.3) is 0 Å². The lowest BCUT2D eigenvalue weighted by Crippen LogP contribution is -2.47. The van der Waals surface area contributed by atoms with Crippen molar-refractivity contribution < 1.29 is 9.90 Å². The normalized spacial score (nSPS) is 13.9. The van der Waals surface area contributed by atoms with Gasteiger partial charge in [0.15, 0.2) is 0 Å². The lowest BCUT2D eigenvalue weighted by atomic mass is 10.0. The molecule has 0 aliphatic carbocycles. The van der Waals surface area contributed by atoms with Crippen LogP contribution in [0.1, 0.15) is 45.7 Å². The van der Waals surface area contributed by atoms with E-state index in [0.717, 1.165) is 12.0 Å². The van der Waals surface area contributed by atoms with E-state index in [0.29, 0.717) is 11.6 Å². The molecule has 1 aromatic rings. The highest BCUT2D eigenvalue weighted by Crippen LogP contribution is 2.19. The number of hydrogen-bond acceptors (Lipinski definition) is 2. The van der Waals surface area contributed by atoms with E-state index in [1.807, 2.05) is 45.0 Å². The Balaban J connectivity index is 2.79. The summed E-state index contributed by atoms with van der Waals surface area (Å²) in [6.45, 7) is 7.89. The molecule has 5 heteroatoms. The van der Waals surface area contributed by atoms with E-state index in [9.17, 15) is 9.90 Å². The Bertz CT molecular complexity index is 446. The Morgan fingerprint density at radius 1 is 1.29 bits per heavy atom. The van der Waals surface area contributed by atoms with E-state index in [1.54, 1.807) is 11.8 Å². The van der Waals surface area contributed by atoms with Crippen LogP contribution in [0, 0.1) is 0 Å². The van der Waals surface area contributed by atoms with E-state index in [2.05, 4.69) is 5.32 Å². The molecule has 118 valence electrons. The average molecular weight is 313 g/mol. The predicted molar refractivity (Wildman–Crippen MR) is 86.5 cm³/mol. The molecular formula is C16H25ClN2O2. The summed E-state index contributed by atoms with van der Waals surface area (Å²) in [7, 11) is 0. The number of nitrogens with zero attached hydrogens (tertiary/aromatic N) is 1. The molecule has 0 aliphatic rings. The summed E-state index contributed by atoms with van der Waals surface area (Å²) in [6.07, 6.45) is 0.238. The summed E-state index contributed by atoms with van der Waals surface area (Å²) >= 11 is 5.89. The topological polar surface area (TPSA) is 52.6 Å². The summed E-state index contributed by atoms with van der Waals surface area (Å²) in [6, 6.07) is 7.29. The summed E-state index contributed by atoms with van der Waals surface area (Å²) in [5.74, 6) is 0. The molecule has 2 atom stereocenters. The van der Waals surface area contributed by atoms with Crippen LogP contribution in [-0.4, -0.2) is 34.7 Å². The van der Waals surface area contributed by atoms with Crippen molar-refractivity contribution in [1.82, 2.24) is 10.2 Å². The molecule has 1 aromatic carbocycles. The molecule has 0 heterocycles. The molecule has 21 heavy (non-hydrogen) atoms. The van der Waals surface area contributed by atoms with Crippen LogP contribution in [0.3, 0.4) is 0 Å². The lowest BCUT2D eigenvalue weighted by Gasteiger charge is -2.30. The molecule has 0 aliphatic heterocycles. The first-order valence-electron chi connectivity index (χ1n) is 7.35. The quantitative estimate of drug-likeness (QED) is 0.843. The monoisotopic (exact) mass is 312 g/mol. The Labute approximate surface area is 132 Å². The van der Waals surface area contributed by atoms with Crippen molar-refractivity contribution in [3.63, 3.8) is 0 Å². The number of carbonyl (C=O) groups is 1. The highest BCUT2D eigenvalue weighted by atomic mass is 35.5. The zero-order valence-corrected chi connectivity index (χ0v) is 13.9. The van der Waals surface area contributed by atoms with Gasteiger partial charge in [0.05, 0.1) is 12.1 Å². The number of urea groups is 1. The van der Waals surface area contributed by atoms with Gasteiger partial charge in [0.1, 0.15) is 0 Å². The minimum Gasteiger partial charge on any atom is -0.392 e. The van der Waals surface area contributed by atoms with Crippen molar-refractivity contribution in [3.05, 3.63) is 34.9 Å². The van der Waals surface area contributed by atoms with Crippen LogP contribution in [0.2, 0.25) is 5.02 Å². The van der Waals surface area contributed by atoms with Crippen molar-refractivity contribution in [1.29, 1.82) is 0 Å². The molecular weight excluding hydrogens is 288 g/mol. The number of aliphatic hydroxyl groups excluding tert-OH is 1. The molecule has 4 nitrogen and oxygen atoms in total. The minimum absolute atomic E-state index is 0.0299. The Kier molecular flexibility index (Phi) is 6.99. The van der Waals surface area contributed by atoms with Crippen LogP contribution in [0.5, 0.6) is 0 Å². The maximum absolute atomic E-state index is 12.4. The number of amides is 2. The van der Waals surface area contributed by atoms with Gasteiger partial charge in [0, 0.05) is 17.6 Å². The van der Waals surface area contributed by atoms with Gasteiger partial charge in [-0.1, -0.05) is 30.7 Å². The molecule has 2 N–H and O–H groups in total. The third-order valence-electron chi connectivity index (χ3n) is 3.32. The molecule has 0 fully saturated rings. The van der Waals surface area contributed by atoms with Gasteiger partial charge >= 0.3 is 6.03 Å². The predicted octanol–water partition coefficient (Wildman–Crippen LogP) is 3.59. The van der Waals surface area contributed by atoms with Crippen molar-refractivity contribution in [3.8, 4) is 0 Å². The smallest absolute Gasteiger partial charge is 0.318 e. The van der Waals surface area contributed by atoms with Gasteiger partial charge in [-0.15, -0.1) is 0 Å². The first kappa shape index (κ1) is 17.8. The molecule has 0 bridgehead atoms. The fourth-order valence-electron chi connectivity index (χ4n) is 2.16. The summed E-state index contributed by atoms with van der Waals surface area (Å²) in [5, 5.41) is 13.2. The highest BCUT2D eigenvalue weighted by molar-refractivity contribution is 6.30. The van der Waals surface area contributed by atoms with Gasteiger partial charge < -0.3 is 15.3 Å². The third-order valence-corrected chi connectivity index (χ3v) is 3.58. The van der Waals surface area contributed by atoms with E-state index in [-0.39, 0.29) is 18.1 Å². The number of carbonyl (C=O) groups excluding carboxylic acids is 1. The minimum atomic E-state index is -0.547. The second-order valence-corrected chi connectivity index (χ2v) is 5.99. The maximum atomic E-state index is 12.4. The standard InChI is InChI=1S/C16H25ClN2O2/c1-5-15(13-6-8-14(17)9-7-13)18-16(21)19(11(2)3)10-12(4)20/h6-9,11-12,15,20H,5,10H2,1-4H3,(H,18,21). The Hall–Kier alpha value is -1.26. The highest BCUT2D eigenvalue weighted by Gasteiger charge is 2.21. The Morgan fingerprint density at radius 3 is 2.29 bits per heavy atom.